The van der Waals surface area contributed by atoms with Gasteiger partial charge >= 0.3 is 0 Å². The van der Waals surface area contributed by atoms with Gasteiger partial charge in [0.2, 0.25) is 0 Å². The predicted octanol–water partition coefficient (Wildman–Crippen LogP) is 16.1. The number of aromatic nitrogens is 1. The van der Waals surface area contributed by atoms with E-state index in [9.17, 15) is 0 Å². The van der Waals surface area contributed by atoms with E-state index in [1.807, 2.05) is 11.3 Å². The summed E-state index contributed by atoms with van der Waals surface area (Å²) in [6.07, 6.45) is 2.23. The molecule has 2 heterocycles. The zero-order chi connectivity index (χ0) is 38.2. The smallest absolute Gasteiger partial charge is 0.0707 e. The molecule has 0 N–H and O–H groups in total. The Morgan fingerprint density at radius 3 is 1.45 bits per heavy atom. The van der Waals surface area contributed by atoms with E-state index in [1.165, 1.54) is 108 Å². The Balaban J connectivity index is 0.978. The van der Waals surface area contributed by atoms with E-state index in [-0.39, 0.29) is 0 Å². The van der Waals surface area contributed by atoms with Crippen molar-refractivity contribution in [3.63, 3.8) is 0 Å². The number of benzene rings is 10. The molecule has 2 heteroatoms. The van der Waals surface area contributed by atoms with Gasteiger partial charge in [0.1, 0.15) is 0 Å². The Morgan fingerprint density at radius 2 is 0.793 bits per heavy atom. The third-order valence-electron chi connectivity index (χ3n) is 12.0. The Hall–Kier alpha value is -7.26. The molecular formula is C56H35NS. The quantitative estimate of drug-likeness (QED) is 0.154. The molecule has 0 saturated carbocycles. The van der Waals surface area contributed by atoms with Crippen molar-refractivity contribution in [2.45, 2.75) is 0 Å². The van der Waals surface area contributed by atoms with Crippen LogP contribution in [0.2, 0.25) is 0 Å². The van der Waals surface area contributed by atoms with Crippen molar-refractivity contribution in [3.05, 3.63) is 212 Å². The summed E-state index contributed by atoms with van der Waals surface area (Å²) in [4.78, 5) is 0. The lowest BCUT2D eigenvalue weighted by Gasteiger charge is -2.12. The Labute approximate surface area is 340 Å². The van der Waals surface area contributed by atoms with Crippen LogP contribution < -0.4 is 0 Å². The van der Waals surface area contributed by atoms with Crippen molar-refractivity contribution in [2.24, 2.45) is 0 Å². The maximum atomic E-state index is 2.38. The molecule has 0 fully saturated rings. The van der Waals surface area contributed by atoms with Gasteiger partial charge in [0, 0.05) is 32.7 Å². The van der Waals surface area contributed by atoms with E-state index in [2.05, 4.69) is 217 Å². The molecule has 2 aromatic heterocycles. The van der Waals surface area contributed by atoms with Crippen LogP contribution >= 0.6 is 11.3 Å². The van der Waals surface area contributed by atoms with Crippen molar-refractivity contribution in [2.75, 3.05) is 0 Å². The first kappa shape index (κ1) is 32.9. The first-order chi connectivity index (χ1) is 28.7. The van der Waals surface area contributed by atoms with E-state index in [4.69, 9.17) is 0 Å². The summed E-state index contributed by atoms with van der Waals surface area (Å²) in [6, 6.07) is 75.8. The average molecular weight is 754 g/mol. The van der Waals surface area contributed by atoms with E-state index in [1.54, 1.807) is 0 Å². The van der Waals surface area contributed by atoms with Crippen LogP contribution in [0.25, 0.3) is 114 Å². The van der Waals surface area contributed by atoms with Crippen molar-refractivity contribution in [1.82, 2.24) is 4.57 Å². The number of fused-ring (bicyclic) bond motifs is 11. The molecular weight excluding hydrogens is 719 g/mol. The average Bonchev–Trinajstić information content (AvgIpc) is 3.92. The number of hydrogen-bond donors (Lipinski definition) is 0. The fourth-order valence-electron chi connectivity index (χ4n) is 9.20. The summed E-state index contributed by atoms with van der Waals surface area (Å²) in [5.41, 5.74) is 12.2. The minimum Gasteiger partial charge on any atom is -0.315 e. The molecule has 0 aliphatic rings. The Bertz CT molecular complexity index is 3440. The molecule has 58 heavy (non-hydrogen) atoms. The van der Waals surface area contributed by atoms with Gasteiger partial charge < -0.3 is 4.57 Å². The highest BCUT2D eigenvalue weighted by Gasteiger charge is 2.17. The maximum absolute atomic E-state index is 2.38. The van der Waals surface area contributed by atoms with Gasteiger partial charge in [0.25, 0.3) is 0 Å². The van der Waals surface area contributed by atoms with E-state index in [0.717, 1.165) is 5.69 Å². The van der Waals surface area contributed by atoms with Crippen LogP contribution in [-0.2, 0) is 0 Å². The molecule has 0 aliphatic carbocycles. The van der Waals surface area contributed by atoms with Gasteiger partial charge in [0.15, 0.2) is 0 Å². The van der Waals surface area contributed by atoms with Crippen LogP contribution in [0.5, 0.6) is 0 Å². The van der Waals surface area contributed by atoms with Gasteiger partial charge in [-0.1, -0.05) is 164 Å². The SMILES string of the molecule is c1ccc(-c2cc(-c3ccccc3)cc(-c3cccc4c3sc3c4ccc4ccn(-c5ccc(-c6ccc7c8ccccc8c8ccccc8c7c6)cc5)c43)c2)cc1. The molecule has 12 rings (SSSR count). The van der Waals surface area contributed by atoms with Gasteiger partial charge in [-0.2, -0.15) is 0 Å². The summed E-state index contributed by atoms with van der Waals surface area (Å²) in [6.45, 7) is 0. The lowest BCUT2D eigenvalue weighted by molar-refractivity contribution is 1.13. The number of rotatable bonds is 5. The van der Waals surface area contributed by atoms with Crippen LogP contribution in [-0.4, -0.2) is 4.57 Å². The summed E-state index contributed by atoms with van der Waals surface area (Å²) in [7, 11) is 0. The second-order valence-corrected chi connectivity index (χ2v) is 16.3. The van der Waals surface area contributed by atoms with Crippen molar-refractivity contribution in [1.29, 1.82) is 0 Å². The van der Waals surface area contributed by atoms with Crippen molar-refractivity contribution >= 4 is 74.7 Å². The molecule has 12 aromatic rings. The molecule has 0 radical (unpaired) electrons. The minimum absolute atomic E-state index is 1.16. The minimum atomic E-state index is 1.16. The normalized spacial score (nSPS) is 11.8. The zero-order valence-electron chi connectivity index (χ0n) is 31.6. The molecule has 0 saturated heterocycles. The second kappa shape index (κ2) is 13.2. The third-order valence-corrected chi connectivity index (χ3v) is 13.3. The van der Waals surface area contributed by atoms with Crippen molar-refractivity contribution in [3.8, 4) is 50.2 Å². The van der Waals surface area contributed by atoms with Gasteiger partial charge in [-0.05, 0) is 119 Å². The lowest BCUT2D eigenvalue weighted by Crippen LogP contribution is -1.92. The summed E-state index contributed by atoms with van der Waals surface area (Å²) < 4.78 is 5.00. The van der Waals surface area contributed by atoms with Crippen LogP contribution in [0.15, 0.2) is 212 Å². The van der Waals surface area contributed by atoms with Crippen molar-refractivity contribution < 1.29 is 0 Å². The fraction of sp³-hybridized carbons (Fsp3) is 0. The molecule has 0 bridgehead atoms. The predicted molar refractivity (Wildman–Crippen MR) is 250 cm³/mol. The summed E-state index contributed by atoms with van der Waals surface area (Å²) in [5.74, 6) is 0. The largest absolute Gasteiger partial charge is 0.315 e. The van der Waals surface area contributed by atoms with Crippen LogP contribution in [0.3, 0.4) is 0 Å². The van der Waals surface area contributed by atoms with E-state index < -0.39 is 0 Å². The molecule has 1 nitrogen and oxygen atoms in total. The van der Waals surface area contributed by atoms with Crippen LogP contribution in [0.4, 0.5) is 0 Å². The molecule has 10 aromatic carbocycles. The molecule has 0 spiro atoms. The second-order valence-electron chi connectivity index (χ2n) is 15.3. The highest BCUT2D eigenvalue weighted by atomic mass is 32.1. The Morgan fingerprint density at radius 1 is 0.293 bits per heavy atom. The van der Waals surface area contributed by atoms with Gasteiger partial charge in [0.05, 0.1) is 10.2 Å². The Kier molecular flexibility index (Phi) is 7.47. The van der Waals surface area contributed by atoms with Gasteiger partial charge in [-0.15, -0.1) is 11.3 Å². The van der Waals surface area contributed by atoms with E-state index >= 15 is 0 Å². The summed E-state index contributed by atoms with van der Waals surface area (Å²) in [5, 5.41) is 11.6. The van der Waals surface area contributed by atoms with Gasteiger partial charge in [-0.3, -0.25) is 0 Å². The van der Waals surface area contributed by atoms with Crippen LogP contribution in [0, 0.1) is 0 Å². The molecule has 270 valence electrons. The maximum Gasteiger partial charge on any atom is 0.0707 e. The molecule has 0 aliphatic heterocycles. The van der Waals surface area contributed by atoms with E-state index in [0.29, 0.717) is 0 Å². The first-order valence-electron chi connectivity index (χ1n) is 19.9. The highest BCUT2D eigenvalue weighted by molar-refractivity contribution is 7.27. The molecule has 0 atom stereocenters. The van der Waals surface area contributed by atoms with Gasteiger partial charge in [-0.25, -0.2) is 0 Å². The first-order valence-corrected chi connectivity index (χ1v) is 20.7. The monoisotopic (exact) mass is 753 g/mol. The lowest BCUT2D eigenvalue weighted by atomic mass is 9.92. The fourth-order valence-corrected chi connectivity index (χ4v) is 10.6. The molecule has 0 amide bonds. The topological polar surface area (TPSA) is 4.93 Å². The summed E-state index contributed by atoms with van der Waals surface area (Å²) >= 11 is 1.91. The highest BCUT2D eigenvalue weighted by Crippen LogP contribution is 2.45. The number of thiophene rings is 1. The standard InChI is InChI=1S/C56H35NS/c1-3-12-36(13-4-1)41-32-42(37-14-5-2-6-15-37)34-43(33-41)45-20-11-21-51-52-29-24-39-30-31-57(54(39)56(52)58-55(45)51)44-26-22-38(23-27-44)40-25-28-50-48-18-8-7-16-46(48)47-17-9-10-19-49(47)53(50)35-40/h1-35H. The van der Waals surface area contributed by atoms with Crippen LogP contribution in [0.1, 0.15) is 0 Å². The number of hydrogen-bond acceptors (Lipinski definition) is 1. The molecule has 0 unspecified atom stereocenters. The zero-order valence-corrected chi connectivity index (χ0v) is 32.4. The third kappa shape index (κ3) is 5.23. The number of nitrogens with zero attached hydrogens (tertiary/aromatic N) is 1.